The van der Waals surface area contributed by atoms with E-state index < -0.39 is 6.09 Å². The fourth-order valence-corrected chi connectivity index (χ4v) is 4.34. The molecule has 2 N–H and O–H groups in total. The Morgan fingerprint density at radius 3 is 2.54 bits per heavy atom. The van der Waals surface area contributed by atoms with Gasteiger partial charge in [0.05, 0.1) is 11.5 Å². The molecule has 150 valence electrons. The molecule has 2 aromatic rings. The molecule has 1 aromatic heterocycles. The third-order valence-corrected chi connectivity index (χ3v) is 5.84. The lowest BCUT2D eigenvalue weighted by Crippen LogP contribution is -2.16. The van der Waals surface area contributed by atoms with E-state index in [4.69, 9.17) is 9.47 Å². The molecule has 0 aliphatic heterocycles. The van der Waals surface area contributed by atoms with Crippen LogP contribution in [0.25, 0.3) is 0 Å². The number of carbonyl (C=O) groups excluding carboxylic acids is 2. The van der Waals surface area contributed by atoms with Gasteiger partial charge in [-0.05, 0) is 55.5 Å². The minimum atomic E-state index is -0.557. The van der Waals surface area contributed by atoms with Gasteiger partial charge in [-0.2, -0.15) is 0 Å². The number of nitrogens with one attached hydrogen (secondary N) is 2. The van der Waals surface area contributed by atoms with Crippen molar-refractivity contribution in [1.29, 1.82) is 0 Å². The average molecular weight is 403 g/mol. The summed E-state index contributed by atoms with van der Waals surface area (Å²) in [6.07, 6.45) is 6.50. The van der Waals surface area contributed by atoms with Crippen LogP contribution in [0.15, 0.2) is 30.3 Å². The van der Waals surface area contributed by atoms with Gasteiger partial charge in [-0.25, -0.2) is 4.79 Å². The summed E-state index contributed by atoms with van der Waals surface area (Å²) >= 11 is 1.60. The smallest absolute Gasteiger partial charge is 0.411 e. The van der Waals surface area contributed by atoms with Gasteiger partial charge in [0.15, 0.2) is 0 Å². The summed E-state index contributed by atoms with van der Waals surface area (Å²) in [5.41, 5.74) is 2.50. The van der Waals surface area contributed by atoms with Gasteiger partial charge >= 0.3 is 6.09 Å². The molecule has 6 nitrogen and oxygen atoms in total. The van der Waals surface area contributed by atoms with E-state index in [2.05, 4.69) is 10.6 Å². The number of hydrogen-bond acceptors (Lipinski definition) is 5. The van der Waals surface area contributed by atoms with Crippen LogP contribution in [0.5, 0.6) is 0 Å². The van der Waals surface area contributed by atoms with Gasteiger partial charge < -0.3 is 14.8 Å². The Labute approximate surface area is 169 Å². The molecule has 7 heteroatoms. The largest absolute Gasteiger partial charge is 0.447 e. The van der Waals surface area contributed by atoms with E-state index in [1.807, 2.05) is 6.07 Å². The van der Waals surface area contributed by atoms with E-state index in [1.165, 1.54) is 36.1 Å². The molecule has 0 spiro atoms. The summed E-state index contributed by atoms with van der Waals surface area (Å²) in [4.78, 5) is 26.5. The second-order valence-corrected chi connectivity index (χ2v) is 7.90. The van der Waals surface area contributed by atoms with E-state index in [0.29, 0.717) is 18.0 Å². The average Bonchev–Trinajstić information content (AvgIpc) is 3.04. The molecular formula is C21H26N2O4S. The zero-order chi connectivity index (χ0) is 19.8. The molecule has 1 aliphatic rings. The molecule has 28 heavy (non-hydrogen) atoms. The van der Waals surface area contributed by atoms with Gasteiger partial charge in [0, 0.05) is 23.4 Å². The van der Waals surface area contributed by atoms with E-state index in [-0.39, 0.29) is 12.5 Å². The Kier molecular flexibility index (Phi) is 7.45. The van der Waals surface area contributed by atoms with E-state index >= 15 is 0 Å². The Morgan fingerprint density at radius 1 is 1.00 bits per heavy atom. The molecule has 1 aliphatic carbocycles. The molecule has 0 atom stereocenters. The zero-order valence-corrected chi connectivity index (χ0v) is 16.9. The Bertz CT molecular complexity index is 793. The van der Waals surface area contributed by atoms with Crippen molar-refractivity contribution in [3.63, 3.8) is 0 Å². The number of thiophene rings is 1. The number of methoxy groups -OCH3 is 1. The molecule has 0 unspecified atom stereocenters. The van der Waals surface area contributed by atoms with Crippen molar-refractivity contribution < 1.29 is 19.1 Å². The molecule has 0 radical (unpaired) electrons. The van der Waals surface area contributed by atoms with Gasteiger partial charge in [-0.3, -0.25) is 10.1 Å². The predicted octanol–water partition coefficient (Wildman–Crippen LogP) is 4.85. The van der Waals surface area contributed by atoms with Crippen LogP contribution in [-0.4, -0.2) is 32.3 Å². The first kappa shape index (κ1) is 20.4. The minimum Gasteiger partial charge on any atom is -0.447 e. The van der Waals surface area contributed by atoms with Crippen molar-refractivity contribution in [3.8, 4) is 0 Å². The van der Waals surface area contributed by atoms with Crippen molar-refractivity contribution in [2.75, 3.05) is 31.0 Å². The second-order valence-electron chi connectivity index (χ2n) is 6.76. The topological polar surface area (TPSA) is 76.7 Å². The summed E-state index contributed by atoms with van der Waals surface area (Å²) in [5, 5.41) is 5.57. The van der Waals surface area contributed by atoms with Gasteiger partial charge in [-0.1, -0.05) is 18.9 Å². The van der Waals surface area contributed by atoms with Crippen LogP contribution in [0.4, 0.5) is 16.2 Å². The monoisotopic (exact) mass is 402 g/mol. The number of anilines is 2. The highest BCUT2D eigenvalue weighted by molar-refractivity contribution is 7.14. The number of hydrogen-bond donors (Lipinski definition) is 2. The van der Waals surface area contributed by atoms with Crippen LogP contribution >= 0.6 is 11.3 Å². The SMILES string of the molecule is COCCOC(=O)Nc1cccc(NC(=O)c2cc3c(s2)CCCCCC3)c1. The summed E-state index contributed by atoms with van der Waals surface area (Å²) < 4.78 is 9.82. The summed E-state index contributed by atoms with van der Waals surface area (Å²) in [6.45, 7) is 0.524. The lowest BCUT2D eigenvalue weighted by Gasteiger charge is -2.09. The third kappa shape index (κ3) is 5.81. The first-order valence-electron chi connectivity index (χ1n) is 9.61. The summed E-state index contributed by atoms with van der Waals surface area (Å²) in [7, 11) is 1.54. The molecule has 1 aromatic carbocycles. The van der Waals surface area contributed by atoms with Crippen LogP contribution in [0, 0.1) is 0 Å². The lowest BCUT2D eigenvalue weighted by molar-refractivity contribution is 0.103. The van der Waals surface area contributed by atoms with Gasteiger partial charge in [-0.15, -0.1) is 11.3 Å². The number of ether oxygens (including phenoxy) is 2. The first-order chi connectivity index (χ1) is 13.7. The van der Waals surface area contributed by atoms with Crippen molar-refractivity contribution in [3.05, 3.63) is 45.6 Å². The van der Waals surface area contributed by atoms with E-state index in [9.17, 15) is 9.59 Å². The van der Waals surface area contributed by atoms with Crippen LogP contribution in [0.2, 0.25) is 0 Å². The summed E-state index contributed by atoms with van der Waals surface area (Å²) in [5.74, 6) is -0.114. The van der Waals surface area contributed by atoms with Crippen LogP contribution < -0.4 is 10.6 Å². The number of benzene rings is 1. The van der Waals surface area contributed by atoms with Gasteiger partial charge in [0.2, 0.25) is 0 Å². The van der Waals surface area contributed by atoms with Gasteiger partial charge in [0.25, 0.3) is 5.91 Å². The maximum absolute atomic E-state index is 12.7. The molecule has 0 saturated carbocycles. The quantitative estimate of drug-likeness (QED) is 0.677. The van der Waals surface area contributed by atoms with Crippen LogP contribution in [-0.2, 0) is 22.3 Å². The fraction of sp³-hybridized carbons (Fsp3) is 0.429. The van der Waals surface area contributed by atoms with Crippen molar-refractivity contribution in [2.45, 2.75) is 38.5 Å². The van der Waals surface area contributed by atoms with Crippen molar-refractivity contribution >= 4 is 34.7 Å². The minimum absolute atomic E-state index is 0.114. The Morgan fingerprint density at radius 2 is 1.75 bits per heavy atom. The standard InChI is InChI=1S/C21H26N2O4S/c1-26-11-12-27-21(25)23-17-9-6-8-16(14-17)22-20(24)19-13-15-7-4-2-3-5-10-18(15)28-19/h6,8-9,13-14H,2-5,7,10-12H2,1H3,(H,22,24)(H,23,25). The second kappa shape index (κ2) is 10.2. The number of carbonyl (C=O) groups is 2. The van der Waals surface area contributed by atoms with E-state index in [0.717, 1.165) is 17.7 Å². The number of rotatable bonds is 6. The van der Waals surface area contributed by atoms with Crippen molar-refractivity contribution in [2.24, 2.45) is 0 Å². The molecule has 2 amide bonds. The third-order valence-electron chi connectivity index (χ3n) is 4.61. The molecule has 3 rings (SSSR count). The van der Waals surface area contributed by atoms with Crippen molar-refractivity contribution in [1.82, 2.24) is 0 Å². The molecule has 0 fully saturated rings. The Hall–Kier alpha value is -2.38. The predicted molar refractivity (Wildman–Crippen MR) is 111 cm³/mol. The highest BCUT2D eigenvalue weighted by Gasteiger charge is 2.16. The molecule has 0 saturated heterocycles. The maximum Gasteiger partial charge on any atom is 0.411 e. The lowest BCUT2D eigenvalue weighted by atomic mass is 10.00. The Balaban J connectivity index is 1.61. The molecule has 0 bridgehead atoms. The van der Waals surface area contributed by atoms with Crippen LogP contribution in [0.3, 0.4) is 0 Å². The van der Waals surface area contributed by atoms with Crippen LogP contribution in [0.1, 0.15) is 45.8 Å². The molecular weight excluding hydrogens is 376 g/mol. The molecule has 1 heterocycles. The summed E-state index contributed by atoms with van der Waals surface area (Å²) in [6, 6.07) is 9.05. The first-order valence-corrected chi connectivity index (χ1v) is 10.4. The zero-order valence-electron chi connectivity index (χ0n) is 16.1. The van der Waals surface area contributed by atoms with Gasteiger partial charge in [0.1, 0.15) is 6.61 Å². The van der Waals surface area contributed by atoms with E-state index in [1.54, 1.807) is 42.7 Å². The maximum atomic E-state index is 12.7. The fourth-order valence-electron chi connectivity index (χ4n) is 3.20. The number of aryl methyl sites for hydroxylation is 2. The highest BCUT2D eigenvalue weighted by Crippen LogP contribution is 2.29. The number of fused-ring (bicyclic) bond motifs is 1. The number of amides is 2. The normalized spacial score (nSPS) is 13.8. The highest BCUT2D eigenvalue weighted by atomic mass is 32.1.